The lowest BCUT2D eigenvalue weighted by molar-refractivity contribution is 0.311. The minimum atomic E-state index is 0.0556. The van der Waals surface area contributed by atoms with E-state index in [0.717, 1.165) is 58.9 Å². The van der Waals surface area contributed by atoms with Crippen molar-refractivity contribution in [3.63, 3.8) is 0 Å². The molecule has 32 heavy (non-hydrogen) atoms. The third-order valence-electron chi connectivity index (χ3n) is 5.25. The van der Waals surface area contributed by atoms with Crippen LogP contribution in [0.15, 0.2) is 48.5 Å². The van der Waals surface area contributed by atoms with E-state index < -0.39 is 0 Å². The minimum absolute atomic E-state index is 0.0556. The fourth-order valence-electron chi connectivity index (χ4n) is 3.82. The summed E-state index contributed by atoms with van der Waals surface area (Å²) in [5.41, 5.74) is 6.39. The number of hydrogen-bond acceptors (Lipinski definition) is 7. The summed E-state index contributed by atoms with van der Waals surface area (Å²) in [6, 6.07) is 16.5. The normalized spacial score (nSPS) is 11.0. The fraction of sp³-hybridized carbons (Fsp3) is 0.292. The lowest BCUT2D eigenvalue weighted by Crippen LogP contribution is -2.13. The van der Waals surface area contributed by atoms with E-state index in [-0.39, 0.29) is 6.61 Å². The van der Waals surface area contributed by atoms with Gasteiger partial charge in [0.05, 0.1) is 6.61 Å². The maximum Gasteiger partial charge on any atom is 0.205 e. The molecule has 0 amide bonds. The SMILES string of the molecule is CCCc1nc(C)nc(NCCO)c1Cc1ccc(-c2ccccc2-c2nn[nH]n2)cc1. The first-order valence-corrected chi connectivity index (χ1v) is 10.8. The summed E-state index contributed by atoms with van der Waals surface area (Å²) >= 11 is 0. The van der Waals surface area contributed by atoms with Crippen molar-refractivity contribution in [3.8, 4) is 22.5 Å². The Kier molecular flexibility index (Phi) is 6.81. The molecular weight excluding hydrogens is 402 g/mol. The topological polar surface area (TPSA) is 113 Å². The molecule has 0 unspecified atom stereocenters. The number of hydrogen-bond donors (Lipinski definition) is 3. The largest absolute Gasteiger partial charge is 0.395 e. The number of aryl methyl sites for hydroxylation is 2. The molecule has 3 N–H and O–H groups in total. The predicted octanol–water partition coefficient (Wildman–Crippen LogP) is 3.58. The Hall–Kier alpha value is -3.65. The molecule has 0 aliphatic rings. The molecule has 0 fully saturated rings. The number of H-pyrrole nitrogens is 1. The van der Waals surface area contributed by atoms with E-state index in [1.807, 2.05) is 25.1 Å². The van der Waals surface area contributed by atoms with Gasteiger partial charge in [-0.1, -0.05) is 61.9 Å². The van der Waals surface area contributed by atoms with E-state index in [2.05, 4.69) is 68.2 Å². The smallest absolute Gasteiger partial charge is 0.205 e. The molecule has 4 rings (SSSR count). The third-order valence-corrected chi connectivity index (χ3v) is 5.25. The Morgan fingerprint density at radius 3 is 2.47 bits per heavy atom. The Bertz CT molecular complexity index is 1160. The highest BCUT2D eigenvalue weighted by molar-refractivity contribution is 5.80. The lowest BCUT2D eigenvalue weighted by atomic mass is 9.96. The standard InChI is InChI=1S/C24H27N7O/c1-3-6-22-21(23(25-13-14-32)27-16(2)26-22)15-17-9-11-18(12-10-17)19-7-4-5-8-20(19)24-28-30-31-29-24/h4-5,7-12,32H,3,6,13-15H2,1-2H3,(H,25,26,27)(H,28,29,30,31). The summed E-state index contributed by atoms with van der Waals surface area (Å²) in [7, 11) is 0. The average molecular weight is 430 g/mol. The van der Waals surface area contributed by atoms with Gasteiger partial charge in [0.1, 0.15) is 11.6 Å². The number of rotatable bonds is 9. The van der Waals surface area contributed by atoms with Gasteiger partial charge in [0.25, 0.3) is 0 Å². The number of aliphatic hydroxyl groups excluding tert-OH is 1. The molecule has 0 radical (unpaired) electrons. The van der Waals surface area contributed by atoms with Gasteiger partial charge < -0.3 is 10.4 Å². The number of tetrazole rings is 1. The van der Waals surface area contributed by atoms with E-state index in [9.17, 15) is 5.11 Å². The van der Waals surface area contributed by atoms with Gasteiger partial charge in [-0.25, -0.2) is 9.97 Å². The van der Waals surface area contributed by atoms with Gasteiger partial charge in [0.2, 0.25) is 5.82 Å². The molecular formula is C24H27N7O. The van der Waals surface area contributed by atoms with Crippen molar-refractivity contribution < 1.29 is 5.11 Å². The summed E-state index contributed by atoms with van der Waals surface area (Å²) < 4.78 is 0. The number of benzene rings is 2. The van der Waals surface area contributed by atoms with E-state index in [4.69, 9.17) is 4.98 Å². The number of aliphatic hydroxyl groups is 1. The Morgan fingerprint density at radius 1 is 1.00 bits per heavy atom. The van der Waals surface area contributed by atoms with Crippen LogP contribution in [-0.2, 0) is 12.8 Å². The number of aromatic amines is 1. The highest BCUT2D eigenvalue weighted by Crippen LogP contribution is 2.30. The number of nitrogens with one attached hydrogen (secondary N) is 2. The van der Waals surface area contributed by atoms with Crippen molar-refractivity contribution in [2.24, 2.45) is 0 Å². The van der Waals surface area contributed by atoms with Crippen LogP contribution in [0, 0.1) is 6.92 Å². The van der Waals surface area contributed by atoms with Crippen molar-refractivity contribution in [3.05, 3.63) is 71.2 Å². The predicted molar refractivity (Wildman–Crippen MR) is 124 cm³/mol. The highest BCUT2D eigenvalue weighted by Gasteiger charge is 2.14. The van der Waals surface area contributed by atoms with Gasteiger partial charge >= 0.3 is 0 Å². The second-order valence-corrected chi connectivity index (χ2v) is 7.60. The van der Waals surface area contributed by atoms with Crippen LogP contribution in [0.25, 0.3) is 22.5 Å². The molecule has 0 bridgehead atoms. The van der Waals surface area contributed by atoms with Crippen molar-refractivity contribution in [2.45, 2.75) is 33.1 Å². The fourth-order valence-corrected chi connectivity index (χ4v) is 3.82. The van der Waals surface area contributed by atoms with Crippen LogP contribution in [0.4, 0.5) is 5.82 Å². The van der Waals surface area contributed by atoms with Crippen molar-refractivity contribution in [2.75, 3.05) is 18.5 Å². The zero-order valence-corrected chi connectivity index (χ0v) is 18.3. The number of anilines is 1. The highest BCUT2D eigenvalue weighted by atomic mass is 16.3. The molecule has 4 aromatic rings. The quantitative estimate of drug-likeness (QED) is 0.373. The molecule has 2 heterocycles. The van der Waals surface area contributed by atoms with E-state index in [1.165, 1.54) is 5.56 Å². The number of nitrogens with zero attached hydrogens (tertiary/aromatic N) is 5. The molecule has 8 heteroatoms. The van der Waals surface area contributed by atoms with Gasteiger partial charge in [-0.15, -0.1) is 10.2 Å². The van der Waals surface area contributed by atoms with E-state index >= 15 is 0 Å². The van der Waals surface area contributed by atoms with Gasteiger partial charge in [0.15, 0.2) is 0 Å². The first kappa shape index (κ1) is 21.6. The van der Waals surface area contributed by atoms with Crippen LogP contribution in [0.3, 0.4) is 0 Å². The van der Waals surface area contributed by atoms with Crippen molar-refractivity contribution in [1.29, 1.82) is 0 Å². The van der Waals surface area contributed by atoms with Gasteiger partial charge in [-0.3, -0.25) is 0 Å². The molecule has 8 nitrogen and oxygen atoms in total. The van der Waals surface area contributed by atoms with Crippen molar-refractivity contribution in [1.82, 2.24) is 30.6 Å². The lowest BCUT2D eigenvalue weighted by Gasteiger charge is -2.16. The average Bonchev–Trinajstić information content (AvgIpc) is 3.35. The molecule has 0 saturated carbocycles. The second-order valence-electron chi connectivity index (χ2n) is 7.60. The van der Waals surface area contributed by atoms with Crippen LogP contribution >= 0.6 is 0 Å². The maximum absolute atomic E-state index is 9.26. The zero-order chi connectivity index (χ0) is 22.3. The van der Waals surface area contributed by atoms with Gasteiger partial charge in [0, 0.05) is 29.8 Å². The number of aromatic nitrogens is 6. The van der Waals surface area contributed by atoms with E-state index in [1.54, 1.807) is 0 Å². The first-order chi connectivity index (χ1) is 15.7. The van der Waals surface area contributed by atoms with Crippen LogP contribution in [0.5, 0.6) is 0 Å². The first-order valence-electron chi connectivity index (χ1n) is 10.8. The second kappa shape index (κ2) is 10.1. The Labute approximate surface area is 187 Å². The molecule has 2 aromatic heterocycles. The molecule has 0 saturated heterocycles. The van der Waals surface area contributed by atoms with Gasteiger partial charge in [-0.2, -0.15) is 5.21 Å². The van der Waals surface area contributed by atoms with Crippen LogP contribution in [0.2, 0.25) is 0 Å². The Balaban J connectivity index is 1.64. The molecule has 0 aliphatic heterocycles. The molecule has 0 atom stereocenters. The van der Waals surface area contributed by atoms with Crippen LogP contribution in [-0.4, -0.2) is 48.9 Å². The molecule has 164 valence electrons. The summed E-state index contributed by atoms with van der Waals surface area (Å²) in [6.07, 6.45) is 2.62. The third kappa shape index (κ3) is 4.81. The molecule has 0 spiro atoms. The van der Waals surface area contributed by atoms with Crippen LogP contribution < -0.4 is 5.32 Å². The summed E-state index contributed by atoms with van der Waals surface area (Å²) in [5.74, 6) is 2.12. The Morgan fingerprint density at radius 2 is 1.78 bits per heavy atom. The zero-order valence-electron chi connectivity index (χ0n) is 18.3. The minimum Gasteiger partial charge on any atom is -0.395 e. The van der Waals surface area contributed by atoms with Crippen LogP contribution in [0.1, 0.15) is 36.0 Å². The molecule has 0 aliphatic carbocycles. The van der Waals surface area contributed by atoms with E-state index in [0.29, 0.717) is 12.4 Å². The van der Waals surface area contributed by atoms with Gasteiger partial charge in [-0.05, 0) is 35.2 Å². The summed E-state index contributed by atoms with van der Waals surface area (Å²) in [5, 5.41) is 27.0. The van der Waals surface area contributed by atoms with Crippen molar-refractivity contribution >= 4 is 5.82 Å². The summed E-state index contributed by atoms with van der Waals surface area (Å²) in [4.78, 5) is 9.30. The monoisotopic (exact) mass is 429 g/mol. The summed E-state index contributed by atoms with van der Waals surface area (Å²) in [6.45, 7) is 4.57. The maximum atomic E-state index is 9.26. The molecule has 2 aromatic carbocycles.